The summed E-state index contributed by atoms with van der Waals surface area (Å²) >= 11 is 5.99. The van der Waals surface area contributed by atoms with Crippen LogP contribution in [0.2, 0.25) is 5.02 Å². The molecule has 0 bridgehead atoms. The number of aromatic nitrogens is 1. The second kappa shape index (κ2) is 7.85. The SMILES string of the molecule is COc1ccc(CNC(=O)/C=C/C2=Cc3cc(Cl)ccc3OC2)cn1. The highest BCUT2D eigenvalue weighted by molar-refractivity contribution is 6.30. The van der Waals surface area contributed by atoms with Crippen LogP contribution in [0, 0.1) is 0 Å². The Bertz CT molecular complexity index is 829. The number of hydrogen-bond acceptors (Lipinski definition) is 4. The summed E-state index contributed by atoms with van der Waals surface area (Å²) in [4.78, 5) is 16.0. The Morgan fingerprint density at radius 1 is 1.40 bits per heavy atom. The van der Waals surface area contributed by atoms with Crippen LogP contribution in [0.3, 0.4) is 0 Å². The first-order valence-electron chi connectivity index (χ1n) is 7.72. The molecule has 3 rings (SSSR count). The van der Waals surface area contributed by atoms with Crippen LogP contribution in [-0.4, -0.2) is 24.6 Å². The van der Waals surface area contributed by atoms with Crippen molar-refractivity contribution in [3.8, 4) is 11.6 Å². The molecule has 1 aliphatic heterocycles. The normalized spacial score (nSPS) is 13.0. The number of fused-ring (bicyclic) bond motifs is 1. The van der Waals surface area contributed by atoms with E-state index in [9.17, 15) is 4.79 Å². The average molecular weight is 357 g/mol. The molecule has 1 aromatic heterocycles. The van der Waals surface area contributed by atoms with E-state index in [-0.39, 0.29) is 5.91 Å². The van der Waals surface area contributed by atoms with Crippen LogP contribution in [-0.2, 0) is 11.3 Å². The molecular weight excluding hydrogens is 340 g/mol. The van der Waals surface area contributed by atoms with Gasteiger partial charge in [-0.2, -0.15) is 0 Å². The van der Waals surface area contributed by atoms with Gasteiger partial charge in [0.15, 0.2) is 0 Å². The lowest BCUT2D eigenvalue weighted by Gasteiger charge is -2.16. The first-order valence-corrected chi connectivity index (χ1v) is 8.09. The van der Waals surface area contributed by atoms with E-state index < -0.39 is 0 Å². The summed E-state index contributed by atoms with van der Waals surface area (Å²) in [6.45, 7) is 0.814. The van der Waals surface area contributed by atoms with Crippen molar-refractivity contribution in [3.05, 3.63) is 70.4 Å². The molecule has 1 amide bonds. The van der Waals surface area contributed by atoms with Gasteiger partial charge < -0.3 is 14.8 Å². The van der Waals surface area contributed by atoms with Crippen molar-refractivity contribution in [1.82, 2.24) is 10.3 Å². The van der Waals surface area contributed by atoms with Gasteiger partial charge in [-0.3, -0.25) is 4.79 Å². The summed E-state index contributed by atoms with van der Waals surface area (Å²) in [6.07, 6.45) is 6.86. The number of benzene rings is 1. The minimum Gasteiger partial charge on any atom is -0.488 e. The summed E-state index contributed by atoms with van der Waals surface area (Å²) in [7, 11) is 1.56. The number of hydrogen-bond donors (Lipinski definition) is 1. The van der Waals surface area contributed by atoms with Gasteiger partial charge in [-0.1, -0.05) is 23.7 Å². The molecule has 0 saturated carbocycles. The fourth-order valence-corrected chi connectivity index (χ4v) is 2.51. The maximum Gasteiger partial charge on any atom is 0.244 e. The molecule has 2 heterocycles. The van der Waals surface area contributed by atoms with Gasteiger partial charge in [-0.15, -0.1) is 0 Å². The molecule has 2 aromatic rings. The number of amides is 1. The van der Waals surface area contributed by atoms with E-state index in [0.717, 1.165) is 22.4 Å². The van der Waals surface area contributed by atoms with Crippen LogP contribution in [0.1, 0.15) is 11.1 Å². The van der Waals surface area contributed by atoms with Crippen LogP contribution in [0.25, 0.3) is 6.08 Å². The molecule has 0 radical (unpaired) electrons. The number of methoxy groups -OCH3 is 1. The number of rotatable bonds is 5. The molecule has 0 atom stereocenters. The highest BCUT2D eigenvalue weighted by atomic mass is 35.5. The second-order valence-electron chi connectivity index (χ2n) is 5.45. The van der Waals surface area contributed by atoms with Gasteiger partial charge in [0, 0.05) is 35.5 Å². The van der Waals surface area contributed by atoms with E-state index in [0.29, 0.717) is 24.1 Å². The number of pyridine rings is 1. The molecule has 5 nitrogen and oxygen atoms in total. The van der Waals surface area contributed by atoms with Gasteiger partial charge in [0.25, 0.3) is 0 Å². The van der Waals surface area contributed by atoms with Gasteiger partial charge in [0.05, 0.1) is 7.11 Å². The van der Waals surface area contributed by atoms with Gasteiger partial charge in [-0.25, -0.2) is 4.98 Å². The number of carbonyl (C=O) groups is 1. The number of carbonyl (C=O) groups excluding carboxylic acids is 1. The minimum atomic E-state index is -0.186. The molecule has 0 saturated heterocycles. The van der Waals surface area contributed by atoms with Crippen molar-refractivity contribution in [2.24, 2.45) is 0 Å². The highest BCUT2D eigenvalue weighted by Gasteiger charge is 2.10. The number of ether oxygens (including phenoxy) is 2. The molecule has 0 spiro atoms. The van der Waals surface area contributed by atoms with Crippen molar-refractivity contribution >= 4 is 23.6 Å². The van der Waals surface area contributed by atoms with Crippen LogP contribution in [0.4, 0.5) is 0 Å². The number of nitrogens with zero attached hydrogens (tertiary/aromatic N) is 1. The largest absolute Gasteiger partial charge is 0.488 e. The van der Waals surface area contributed by atoms with Crippen molar-refractivity contribution in [1.29, 1.82) is 0 Å². The lowest BCUT2D eigenvalue weighted by atomic mass is 10.1. The molecule has 1 aliphatic rings. The van der Waals surface area contributed by atoms with Gasteiger partial charge in [0.1, 0.15) is 12.4 Å². The average Bonchev–Trinajstić information content (AvgIpc) is 2.64. The standard InChI is InChI=1S/C19H17ClN2O3/c1-24-19-7-3-14(11-22-19)10-21-18(23)6-2-13-8-15-9-16(20)4-5-17(15)25-12-13/h2-9,11H,10,12H2,1H3,(H,21,23)/b6-2+. The highest BCUT2D eigenvalue weighted by Crippen LogP contribution is 2.29. The Morgan fingerprint density at radius 2 is 2.28 bits per heavy atom. The van der Waals surface area contributed by atoms with E-state index in [1.807, 2.05) is 24.3 Å². The van der Waals surface area contributed by atoms with Gasteiger partial charge >= 0.3 is 0 Å². The van der Waals surface area contributed by atoms with Crippen molar-refractivity contribution in [2.45, 2.75) is 6.54 Å². The van der Waals surface area contributed by atoms with Gasteiger partial charge in [-0.05, 0) is 35.4 Å². The third-order valence-electron chi connectivity index (χ3n) is 3.63. The van der Waals surface area contributed by atoms with Crippen molar-refractivity contribution in [2.75, 3.05) is 13.7 Å². The Morgan fingerprint density at radius 3 is 3.04 bits per heavy atom. The quantitative estimate of drug-likeness (QED) is 0.834. The van der Waals surface area contributed by atoms with Crippen LogP contribution in [0.5, 0.6) is 11.6 Å². The topological polar surface area (TPSA) is 60.5 Å². The molecular formula is C19H17ClN2O3. The predicted octanol–water partition coefficient (Wildman–Crippen LogP) is 3.39. The first kappa shape index (κ1) is 17.0. The van der Waals surface area contributed by atoms with Crippen molar-refractivity contribution in [3.63, 3.8) is 0 Å². The number of halogens is 1. The minimum absolute atomic E-state index is 0.186. The Labute approximate surface area is 150 Å². The van der Waals surface area contributed by atoms with Crippen LogP contribution in [0.15, 0.2) is 54.3 Å². The van der Waals surface area contributed by atoms with E-state index in [4.69, 9.17) is 21.1 Å². The second-order valence-corrected chi connectivity index (χ2v) is 5.89. The third-order valence-corrected chi connectivity index (χ3v) is 3.86. The summed E-state index contributed by atoms with van der Waals surface area (Å²) in [5.41, 5.74) is 2.70. The lowest BCUT2D eigenvalue weighted by Crippen LogP contribution is -2.20. The third kappa shape index (κ3) is 4.61. The zero-order valence-electron chi connectivity index (χ0n) is 13.7. The zero-order chi connectivity index (χ0) is 17.6. The van der Waals surface area contributed by atoms with E-state index in [2.05, 4.69) is 10.3 Å². The maximum absolute atomic E-state index is 11.9. The van der Waals surface area contributed by atoms with E-state index in [1.165, 1.54) is 6.08 Å². The first-order chi connectivity index (χ1) is 12.1. The smallest absolute Gasteiger partial charge is 0.244 e. The molecule has 6 heteroatoms. The fourth-order valence-electron chi connectivity index (χ4n) is 2.33. The Hall–Kier alpha value is -2.79. The predicted molar refractivity (Wildman–Crippen MR) is 96.7 cm³/mol. The molecule has 1 aromatic carbocycles. The lowest BCUT2D eigenvalue weighted by molar-refractivity contribution is -0.116. The monoisotopic (exact) mass is 356 g/mol. The maximum atomic E-state index is 11.9. The van der Waals surface area contributed by atoms with E-state index in [1.54, 1.807) is 31.5 Å². The van der Waals surface area contributed by atoms with Gasteiger partial charge in [0.2, 0.25) is 11.8 Å². The van der Waals surface area contributed by atoms with Crippen LogP contribution < -0.4 is 14.8 Å². The molecule has 25 heavy (non-hydrogen) atoms. The molecule has 1 N–H and O–H groups in total. The molecule has 0 fully saturated rings. The number of nitrogens with one attached hydrogen (secondary N) is 1. The fraction of sp³-hybridized carbons (Fsp3) is 0.158. The van der Waals surface area contributed by atoms with Crippen LogP contribution >= 0.6 is 11.6 Å². The summed E-state index contributed by atoms with van der Waals surface area (Å²) < 4.78 is 10.6. The Kier molecular flexibility index (Phi) is 5.36. The molecule has 0 aliphatic carbocycles. The summed E-state index contributed by atoms with van der Waals surface area (Å²) in [5.74, 6) is 1.14. The summed E-state index contributed by atoms with van der Waals surface area (Å²) in [6, 6.07) is 9.07. The van der Waals surface area contributed by atoms with Crippen molar-refractivity contribution < 1.29 is 14.3 Å². The summed E-state index contributed by atoms with van der Waals surface area (Å²) in [5, 5.41) is 3.46. The molecule has 128 valence electrons. The molecule has 0 unspecified atom stereocenters. The Balaban J connectivity index is 1.57. The van der Waals surface area contributed by atoms with E-state index >= 15 is 0 Å². The zero-order valence-corrected chi connectivity index (χ0v) is 14.4.